The van der Waals surface area contributed by atoms with Crippen LogP contribution in [0.5, 0.6) is 0 Å². The Hall–Kier alpha value is -1.85. The van der Waals surface area contributed by atoms with Crippen LogP contribution in [0.2, 0.25) is 5.02 Å². The van der Waals surface area contributed by atoms with Crippen LogP contribution in [0.1, 0.15) is 28.8 Å². The summed E-state index contributed by atoms with van der Waals surface area (Å²) >= 11 is 9.41. The van der Waals surface area contributed by atoms with Crippen LogP contribution in [-0.4, -0.2) is 36.3 Å². The highest BCUT2D eigenvalue weighted by Crippen LogP contribution is 2.33. The summed E-state index contributed by atoms with van der Waals surface area (Å²) in [5.41, 5.74) is 2.82. The zero-order valence-corrected chi connectivity index (χ0v) is 17.2. The van der Waals surface area contributed by atoms with Crippen LogP contribution < -0.4 is 4.90 Å². The SMILES string of the molecule is O=C(c1ccc(Cl)cc1)N1CCCC(C(=O)N2CCc3cc(Br)ccc32)C1. The van der Waals surface area contributed by atoms with Crippen molar-refractivity contribution in [1.29, 1.82) is 0 Å². The number of likely N-dealkylation sites (tertiary alicyclic amines) is 1. The van der Waals surface area contributed by atoms with E-state index in [9.17, 15) is 9.59 Å². The van der Waals surface area contributed by atoms with Gasteiger partial charge in [0.2, 0.25) is 5.91 Å². The monoisotopic (exact) mass is 446 g/mol. The molecule has 1 fully saturated rings. The fourth-order valence-electron chi connectivity index (χ4n) is 3.96. The van der Waals surface area contributed by atoms with Crippen LogP contribution in [0, 0.1) is 5.92 Å². The second-order valence-electron chi connectivity index (χ2n) is 7.11. The van der Waals surface area contributed by atoms with E-state index < -0.39 is 0 Å². The van der Waals surface area contributed by atoms with Crippen LogP contribution in [0.3, 0.4) is 0 Å². The molecule has 4 rings (SSSR count). The van der Waals surface area contributed by atoms with Crippen LogP contribution in [0.25, 0.3) is 0 Å². The standard InChI is InChI=1S/C21H20BrClN2O2/c22-17-5-8-19-15(12-17)9-11-25(19)21(27)16-2-1-10-24(13-16)20(26)14-3-6-18(23)7-4-14/h3-8,12,16H,1-2,9-11,13H2. The molecule has 0 aliphatic carbocycles. The Morgan fingerprint density at radius 1 is 1.07 bits per heavy atom. The lowest BCUT2D eigenvalue weighted by Crippen LogP contribution is -2.46. The van der Waals surface area contributed by atoms with Crippen molar-refractivity contribution in [3.05, 3.63) is 63.1 Å². The second-order valence-corrected chi connectivity index (χ2v) is 8.46. The number of rotatable bonds is 2. The van der Waals surface area contributed by atoms with Gasteiger partial charge in [0, 0.05) is 40.4 Å². The summed E-state index contributed by atoms with van der Waals surface area (Å²) in [7, 11) is 0. The average Bonchev–Trinajstić information content (AvgIpc) is 3.10. The van der Waals surface area contributed by atoms with Crippen molar-refractivity contribution in [2.75, 3.05) is 24.5 Å². The average molecular weight is 448 g/mol. The molecular formula is C21H20BrClN2O2. The van der Waals surface area contributed by atoms with Gasteiger partial charge in [-0.05, 0) is 67.3 Å². The highest BCUT2D eigenvalue weighted by atomic mass is 79.9. The summed E-state index contributed by atoms with van der Waals surface area (Å²) in [4.78, 5) is 29.6. The van der Waals surface area contributed by atoms with E-state index in [1.165, 1.54) is 5.56 Å². The smallest absolute Gasteiger partial charge is 0.253 e. The van der Waals surface area contributed by atoms with Gasteiger partial charge >= 0.3 is 0 Å². The lowest BCUT2D eigenvalue weighted by molar-refractivity contribution is -0.123. The number of halogens is 2. The third kappa shape index (κ3) is 3.76. The van der Waals surface area contributed by atoms with Crippen molar-refractivity contribution in [3.8, 4) is 0 Å². The first-order valence-electron chi connectivity index (χ1n) is 9.17. The van der Waals surface area contributed by atoms with Gasteiger partial charge in [-0.3, -0.25) is 9.59 Å². The van der Waals surface area contributed by atoms with Gasteiger partial charge in [0.15, 0.2) is 0 Å². The number of fused-ring (bicyclic) bond motifs is 1. The zero-order chi connectivity index (χ0) is 19.0. The molecule has 1 unspecified atom stereocenters. The number of piperidine rings is 1. The molecule has 4 nitrogen and oxygen atoms in total. The first kappa shape index (κ1) is 18.5. The lowest BCUT2D eigenvalue weighted by atomic mass is 9.95. The Kier molecular flexibility index (Phi) is 5.24. The number of nitrogens with zero attached hydrogens (tertiary/aromatic N) is 2. The molecule has 27 heavy (non-hydrogen) atoms. The molecule has 1 atom stereocenters. The maximum atomic E-state index is 13.2. The van der Waals surface area contributed by atoms with Crippen LogP contribution >= 0.6 is 27.5 Å². The Bertz CT molecular complexity index is 884. The quantitative estimate of drug-likeness (QED) is 0.678. The third-order valence-corrected chi connectivity index (χ3v) is 6.10. The van der Waals surface area contributed by atoms with Crippen molar-refractivity contribution in [2.24, 2.45) is 5.92 Å². The van der Waals surface area contributed by atoms with Gasteiger partial charge in [-0.1, -0.05) is 27.5 Å². The first-order valence-corrected chi connectivity index (χ1v) is 10.3. The molecule has 0 spiro atoms. The van der Waals surface area contributed by atoms with Crippen LogP contribution in [0.15, 0.2) is 46.9 Å². The minimum absolute atomic E-state index is 0.0325. The van der Waals surface area contributed by atoms with Gasteiger partial charge in [-0.15, -0.1) is 0 Å². The van der Waals surface area contributed by atoms with E-state index in [1.807, 2.05) is 17.0 Å². The summed E-state index contributed by atoms with van der Waals surface area (Å²) < 4.78 is 1.04. The molecule has 0 saturated carbocycles. The predicted molar refractivity (Wildman–Crippen MR) is 110 cm³/mol. The molecule has 0 radical (unpaired) electrons. The molecule has 2 heterocycles. The van der Waals surface area contributed by atoms with Crippen molar-refractivity contribution in [2.45, 2.75) is 19.3 Å². The van der Waals surface area contributed by atoms with Gasteiger partial charge in [-0.2, -0.15) is 0 Å². The zero-order valence-electron chi connectivity index (χ0n) is 14.8. The summed E-state index contributed by atoms with van der Waals surface area (Å²) in [6.07, 6.45) is 2.54. The summed E-state index contributed by atoms with van der Waals surface area (Å²) in [5.74, 6) is -0.0517. The van der Waals surface area contributed by atoms with Crippen molar-refractivity contribution >= 4 is 45.0 Å². The number of benzene rings is 2. The number of carbonyl (C=O) groups excluding carboxylic acids is 2. The fraction of sp³-hybridized carbons (Fsp3) is 0.333. The Morgan fingerprint density at radius 3 is 2.63 bits per heavy atom. The van der Waals surface area contributed by atoms with Crippen molar-refractivity contribution in [1.82, 2.24) is 4.90 Å². The van der Waals surface area contributed by atoms with Gasteiger partial charge < -0.3 is 9.80 Å². The lowest BCUT2D eigenvalue weighted by Gasteiger charge is -2.34. The number of carbonyl (C=O) groups is 2. The number of anilines is 1. The molecule has 1 saturated heterocycles. The topological polar surface area (TPSA) is 40.6 Å². The van der Waals surface area contributed by atoms with E-state index in [0.717, 1.165) is 29.4 Å². The molecule has 140 valence electrons. The molecule has 0 N–H and O–H groups in total. The highest BCUT2D eigenvalue weighted by molar-refractivity contribution is 9.10. The molecule has 0 bridgehead atoms. The van der Waals surface area contributed by atoms with Gasteiger partial charge in [0.25, 0.3) is 5.91 Å². The van der Waals surface area contributed by atoms with E-state index in [2.05, 4.69) is 22.0 Å². The molecule has 2 aliphatic rings. The molecule has 2 amide bonds. The molecule has 2 aliphatic heterocycles. The maximum absolute atomic E-state index is 13.2. The molecule has 6 heteroatoms. The van der Waals surface area contributed by atoms with E-state index in [4.69, 9.17) is 11.6 Å². The summed E-state index contributed by atoms with van der Waals surface area (Å²) in [6, 6.07) is 13.0. The van der Waals surface area contributed by atoms with E-state index in [0.29, 0.717) is 30.2 Å². The largest absolute Gasteiger partial charge is 0.338 e. The Morgan fingerprint density at radius 2 is 1.85 bits per heavy atom. The summed E-state index contributed by atoms with van der Waals surface area (Å²) in [6.45, 7) is 1.88. The minimum atomic E-state index is -0.149. The van der Waals surface area contributed by atoms with E-state index >= 15 is 0 Å². The van der Waals surface area contributed by atoms with E-state index in [1.54, 1.807) is 29.2 Å². The van der Waals surface area contributed by atoms with Crippen LogP contribution in [-0.2, 0) is 11.2 Å². The van der Waals surface area contributed by atoms with Gasteiger partial charge in [0.05, 0.1) is 5.92 Å². The Balaban J connectivity index is 1.48. The minimum Gasteiger partial charge on any atom is -0.338 e. The molecule has 2 aromatic rings. The van der Waals surface area contributed by atoms with Gasteiger partial charge in [-0.25, -0.2) is 0 Å². The second kappa shape index (κ2) is 7.64. The summed E-state index contributed by atoms with van der Waals surface area (Å²) in [5, 5.41) is 0.609. The predicted octanol–water partition coefficient (Wildman–Crippen LogP) is 4.54. The third-order valence-electron chi connectivity index (χ3n) is 5.35. The Labute approximate surface area is 172 Å². The fourth-order valence-corrected chi connectivity index (χ4v) is 4.49. The number of amides is 2. The van der Waals surface area contributed by atoms with E-state index in [-0.39, 0.29) is 17.7 Å². The van der Waals surface area contributed by atoms with Crippen molar-refractivity contribution in [3.63, 3.8) is 0 Å². The van der Waals surface area contributed by atoms with Crippen molar-refractivity contribution < 1.29 is 9.59 Å². The number of hydrogen-bond acceptors (Lipinski definition) is 2. The van der Waals surface area contributed by atoms with Gasteiger partial charge in [0.1, 0.15) is 0 Å². The van der Waals surface area contributed by atoms with Crippen LogP contribution in [0.4, 0.5) is 5.69 Å². The first-order chi connectivity index (χ1) is 13.0. The molecule has 0 aromatic heterocycles. The molecule has 2 aromatic carbocycles. The highest BCUT2D eigenvalue weighted by Gasteiger charge is 2.34. The normalized spacial score (nSPS) is 19.1. The maximum Gasteiger partial charge on any atom is 0.253 e. The molecular weight excluding hydrogens is 428 g/mol. The number of hydrogen-bond donors (Lipinski definition) is 0.